The van der Waals surface area contributed by atoms with Gasteiger partial charge in [-0.25, -0.2) is 13.2 Å². The summed E-state index contributed by atoms with van der Waals surface area (Å²) >= 11 is 0. The Hall–Kier alpha value is -1.81. The third kappa shape index (κ3) is 3.84. The number of benzene rings is 2. The van der Waals surface area contributed by atoms with E-state index in [1.54, 1.807) is 19.2 Å². The monoisotopic (exact) mass is 279 g/mol. The van der Waals surface area contributed by atoms with Gasteiger partial charge in [-0.05, 0) is 61.3 Å². The van der Waals surface area contributed by atoms with Crippen molar-refractivity contribution >= 4 is 0 Å². The molecule has 4 heteroatoms. The number of hydrogen-bond donors (Lipinski definition) is 1. The molecule has 0 radical (unpaired) electrons. The molecule has 20 heavy (non-hydrogen) atoms. The van der Waals surface area contributed by atoms with Gasteiger partial charge in [-0.3, -0.25) is 0 Å². The number of nitrogens with one attached hydrogen (secondary N) is 1. The quantitative estimate of drug-likeness (QED) is 0.883. The maximum atomic E-state index is 13.6. The second-order valence-electron chi connectivity index (χ2n) is 4.76. The Morgan fingerprint density at radius 1 is 0.900 bits per heavy atom. The largest absolute Gasteiger partial charge is 0.316 e. The highest BCUT2D eigenvalue weighted by Gasteiger charge is 2.12. The Morgan fingerprint density at radius 3 is 2.20 bits per heavy atom. The van der Waals surface area contributed by atoms with Gasteiger partial charge in [-0.1, -0.05) is 12.1 Å². The molecule has 0 aromatic heterocycles. The molecule has 0 saturated heterocycles. The minimum absolute atomic E-state index is 0.0447. The van der Waals surface area contributed by atoms with Crippen LogP contribution in [0.25, 0.3) is 0 Å². The molecule has 2 aromatic carbocycles. The summed E-state index contributed by atoms with van der Waals surface area (Å²) in [7, 11) is 1.77. The highest BCUT2D eigenvalue weighted by Crippen LogP contribution is 2.14. The van der Waals surface area contributed by atoms with Crippen LogP contribution in [0.15, 0.2) is 42.5 Å². The van der Waals surface area contributed by atoms with Gasteiger partial charge in [0.15, 0.2) is 0 Å². The van der Waals surface area contributed by atoms with Crippen LogP contribution in [-0.2, 0) is 12.8 Å². The van der Waals surface area contributed by atoms with Crippen molar-refractivity contribution in [1.29, 1.82) is 0 Å². The number of halogens is 3. The molecule has 0 bridgehead atoms. The summed E-state index contributed by atoms with van der Waals surface area (Å²) in [6, 6.07) is 9.59. The number of likely N-dealkylation sites (N-methyl/N-ethyl adjacent to an activating group) is 1. The average Bonchev–Trinajstić information content (AvgIpc) is 2.44. The smallest absolute Gasteiger partial charge is 0.126 e. The molecule has 106 valence electrons. The molecule has 0 fully saturated rings. The summed E-state index contributed by atoms with van der Waals surface area (Å²) in [5.74, 6) is -1.14. The van der Waals surface area contributed by atoms with Crippen LogP contribution >= 0.6 is 0 Å². The first-order valence-corrected chi connectivity index (χ1v) is 6.44. The van der Waals surface area contributed by atoms with Crippen LogP contribution in [-0.4, -0.2) is 13.1 Å². The zero-order valence-corrected chi connectivity index (χ0v) is 11.2. The van der Waals surface area contributed by atoms with Gasteiger partial charge in [0, 0.05) is 6.04 Å². The van der Waals surface area contributed by atoms with E-state index in [-0.39, 0.29) is 11.9 Å². The summed E-state index contributed by atoms with van der Waals surface area (Å²) in [4.78, 5) is 0. The van der Waals surface area contributed by atoms with Crippen molar-refractivity contribution in [3.8, 4) is 0 Å². The number of rotatable bonds is 5. The van der Waals surface area contributed by atoms with Gasteiger partial charge in [0.05, 0.1) is 0 Å². The van der Waals surface area contributed by atoms with Crippen LogP contribution in [0.5, 0.6) is 0 Å². The van der Waals surface area contributed by atoms with Crippen LogP contribution in [0, 0.1) is 17.5 Å². The molecule has 0 aliphatic carbocycles. The Labute approximate surface area is 116 Å². The molecule has 1 atom stereocenters. The first-order valence-electron chi connectivity index (χ1n) is 6.44. The average molecular weight is 279 g/mol. The van der Waals surface area contributed by atoms with Crippen molar-refractivity contribution in [2.45, 2.75) is 18.9 Å². The van der Waals surface area contributed by atoms with E-state index in [0.717, 1.165) is 17.7 Å². The minimum Gasteiger partial charge on any atom is -0.316 e. The van der Waals surface area contributed by atoms with Gasteiger partial charge >= 0.3 is 0 Å². The van der Waals surface area contributed by atoms with Crippen LogP contribution in [0.4, 0.5) is 13.2 Å². The van der Waals surface area contributed by atoms with E-state index >= 15 is 0 Å². The van der Waals surface area contributed by atoms with E-state index in [0.29, 0.717) is 18.4 Å². The van der Waals surface area contributed by atoms with Crippen molar-refractivity contribution in [3.05, 3.63) is 71.0 Å². The van der Waals surface area contributed by atoms with Crippen LogP contribution in [0.2, 0.25) is 0 Å². The van der Waals surface area contributed by atoms with Gasteiger partial charge in [0.1, 0.15) is 17.5 Å². The molecule has 0 amide bonds. The van der Waals surface area contributed by atoms with E-state index in [1.165, 1.54) is 18.2 Å². The van der Waals surface area contributed by atoms with Crippen LogP contribution < -0.4 is 5.32 Å². The molecule has 0 aliphatic heterocycles. The number of hydrogen-bond acceptors (Lipinski definition) is 1. The van der Waals surface area contributed by atoms with Gasteiger partial charge in [0.25, 0.3) is 0 Å². The Bertz CT molecular complexity index is 566. The van der Waals surface area contributed by atoms with Crippen molar-refractivity contribution in [2.24, 2.45) is 0 Å². The van der Waals surface area contributed by atoms with Crippen LogP contribution in [0.3, 0.4) is 0 Å². The van der Waals surface area contributed by atoms with Gasteiger partial charge in [-0.15, -0.1) is 0 Å². The Morgan fingerprint density at radius 2 is 1.55 bits per heavy atom. The van der Waals surface area contributed by atoms with Crippen molar-refractivity contribution < 1.29 is 13.2 Å². The zero-order chi connectivity index (χ0) is 14.5. The fourth-order valence-corrected chi connectivity index (χ4v) is 2.15. The van der Waals surface area contributed by atoms with E-state index in [2.05, 4.69) is 5.32 Å². The lowest BCUT2D eigenvalue weighted by Gasteiger charge is -2.17. The predicted octanol–water partition coefficient (Wildman–Crippen LogP) is 3.48. The highest BCUT2D eigenvalue weighted by atomic mass is 19.1. The fourth-order valence-electron chi connectivity index (χ4n) is 2.15. The highest BCUT2D eigenvalue weighted by molar-refractivity contribution is 5.22. The van der Waals surface area contributed by atoms with Crippen molar-refractivity contribution in [1.82, 2.24) is 5.32 Å². The molecule has 1 nitrogen and oxygen atoms in total. The summed E-state index contributed by atoms with van der Waals surface area (Å²) in [6.45, 7) is 0. The summed E-state index contributed by atoms with van der Waals surface area (Å²) in [6.07, 6.45) is 0.990. The summed E-state index contributed by atoms with van der Waals surface area (Å²) in [5, 5.41) is 3.08. The third-order valence-electron chi connectivity index (χ3n) is 3.28. The second kappa shape index (κ2) is 6.57. The summed E-state index contributed by atoms with van der Waals surface area (Å²) in [5.41, 5.74) is 1.29. The minimum atomic E-state index is -0.446. The molecule has 1 N–H and O–H groups in total. The molecule has 0 heterocycles. The van der Waals surface area contributed by atoms with Gasteiger partial charge in [-0.2, -0.15) is 0 Å². The topological polar surface area (TPSA) is 12.0 Å². The Kier molecular flexibility index (Phi) is 4.79. The molecule has 1 unspecified atom stereocenters. The van der Waals surface area contributed by atoms with Gasteiger partial charge < -0.3 is 5.32 Å². The molecule has 0 saturated carbocycles. The molecule has 2 rings (SSSR count). The van der Waals surface area contributed by atoms with Crippen molar-refractivity contribution in [3.63, 3.8) is 0 Å². The fraction of sp³-hybridized carbons (Fsp3) is 0.250. The van der Waals surface area contributed by atoms with E-state index in [1.807, 2.05) is 0 Å². The lowest BCUT2D eigenvalue weighted by atomic mass is 9.98. The molecule has 0 spiro atoms. The normalized spacial score (nSPS) is 12.4. The van der Waals surface area contributed by atoms with Gasteiger partial charge in [0.2, 0.25) is 0 Å². The maximum absolute atomic E-state index is 13.6. The molecular weight excluding hydrogens is 263 g/mol. The lowest BCUT2D eigenvalue weighted by molar-refractivity contribution is 0.525. The molecular formula is C16H16F3N. The lowest BCUT2D eigenvalue weighted by Crippen LogP contribution is -2.30. The Balaban J connectivity index is 2.08. The van der Waals surface area contributed by atoms with E-state index in [9.17, 15) is 13.2 Å². The zero-order valence-electron chi connectivity index (χ0n) is 11.2. The first-order chi connectivity index (χ1) is 9.58. The molecule has 0 aliphatic rings. The third-order valence-corrected chi connectivity index (χ3v) is 3.28. The standard InChI is InChI=1S/C16H16F3N/c1-20-15(8-11-2-4-13(17)5-3-11)10-12-9-14(18)6-7-16(12)19/h2-7,9,15,20H,8,10H2,1H3. The SMILES string of the molecule is CNC(Cc1ccc(F)cc1)Cc1cc(F)ccc1F. The van der Waals surface area contributed by atoms with E-state index in [4.69, 9.17) is 0 Å². The first kappa shape index (κ1) is 14.6. The maximum Gasteiger partial charge on any atom is 0.126 e. The van der Waals surface area contributed by atoms with E-state index < -0.39 is 11.6 Å². The molecule has 2 aromatic rings. The predicted molar refractivity (Wildman–Crippen MR) is 73.0 cm³/mol. The van der Waals surface area contributed by atoms with Crippen LogP contribution in [0.1, 0.15) is 11.1 Å². The van der Waals surface area contributed by atoms with Crippen molar-refractivity contribution in [2.75, 3.05) is 7.05 Å². The second-order valence-corrected chi connectivity index (χ2v) is 4.76. The summed E-state index contributed by atoms with van der Waals surface area (Å²) < 4.78 is 39.6.